The second-order valence-electron chi connectivity index (χ2n) is 4.45. The van der Waals surface area contributed by atoms with E-state index in [9.17, 15) is 4.79 Å². The Kier molecular flexibility index (Phi) is 3.99. The summed E-state index contributed by atoms with van der Waals surface area (Å²) >= 11 is 1.71. The van der Waals surface area contributed by atoms with Gasteiger partial charge in [0.1, 0.15) is 0 Å². The van der Waals surface area contributed by atoms with Crippen LogP contribution in [-0.4, -0.2) is 35.5 Å². The fraction of sp³-hybridized carbons (Fsp3) is 0.667. The molecule has 1 atom stereocenters. The molecule has 5 heteroatoms. The molecule has 0 radical (unpaired) electrons. The molecule has 0 aliphatic carbocycles. The van der Waals surface area contributed by atoms with Crippen molar-refractivity contribution in [2.45, 2.75) is 32.6 Å². The maximum absolute atomic E-state index is 11.8. The summed E-state index contributed by atoms with van der Waals surface area (Å²) in [7, 11) is 0. The summed E-state index contributed by atoms with van der Waals surface area (Å²) in [6.07, 6.45) is 2.21. The lowest BCUT2D eigenvalue weighted by atomic mass is 9.99. The molecule has 1 unspecified atom stereocenters. The summed E-state index contributed by atoms with van der Waals surface area (Å²) in [4.78, 5) is 18.2. The minimum atomic E-state index is 0.0606. The number of hydrogen-bond acceptors (Lipinski definition) is 3. The van der Waals surface area contributed by atoms with Gasteiger partial charge in [-0.3, -0.25) is 0 Å². The molecule has 2 amide bonds. The third kappa shape index (κ3) is 2.97. The lowest BCUT2D eigenvalue weighted by Gasteiger charge is -2.31. The van der Waals surface area contributed by atoms with Crippen molar-refractivity contribution in [1.82, 2.24) is 15.2 Å². The van der Waals surface area contributed by atoms with Crippen LogP contribution in [0.3, 0.4) is 0 Å². The second kappa shape index (κ2) is 5.49. The lowest BCUT2D eigenvalue weighted by molar-refractivity contribution is 0.180. The Morgan fingerprint density at radius 1 is 1.71 bits per heavy atom. The molecule has 4 nitrogen and oxygen atoms in total. The molecule has 0 saturated carbocycles. The SMILES string of the molecule is CCNC(=O)N1CCCC(c2nc(C)cs2)C1. The van der Waals surface area contributed by atoms with Gasteiger partial charge in [-0.25, -0.2) is 9.78 Å². The highest BCUT2D eigenvalue weighted by Crippen LogP contribution is 2.29. The first-order valence-corrected chi connectivity index (χ1v) is 7.03. The first kappa shape index (κ1) is 12.4. The summed E-state index contributed by atoms with van der Waals surface area (Å²) in [5.41, 5.74) is 1.08. The highest BCUT2D eigenvalue weighted by Gasteiger charge is 2.26. The number of carbonyl (C=O) groups is 1. The molecule has 2 heterocycles. The molecule has 1 aromatic heterocycles. The Morgan fingerprint density at radius 3 is 3.18 bits per heavy atom. The number of hydrogen-bond donors (Lipinski definition) is 1. The van der Waals surface area contributed by atoms with Crippen LogP contribution in [-0.2, 0) is 0 Å². The van der Waals surface area contributed by atoms with Gasteiger partial charge < -0.3 is 10.2 Å². The second-order valence-corrected chi connectivity index (χ2v) is 5.34. The van der Waals surface area contributed by atoms with Gasteiger partial charge in [0.05, 0.1) is 5.01 Å². The van der Waals surface area contributed by atoms with Gasteiger partial charge in [0.15, 0.2) is 0 Å². The van der Waals surface area contributed by atoms with E-state index in [1.54, 1.807) is 11.3 Å². The number of aryl methyl sites for hydroxylation is 1. The molecule has 17 heavy (non-hydrogen) atoms. The smallest absolute Gasteiger partial charge is 0.317 e. The summed E-state index contributed by atoms with van der Waals surface area (Å²) in [5, 5.41) is 6.12. The first-order valence-electron chi connectivity index (χ1n) is 6.15. The minimum Gasteiger partial charge on any atom is -0.338 e. The molecule has 1 aromatic rings. The number of piperidine rings is 1. The summed E-state index contributed by atoms with van der Waals surface area (Å²) < 4.78 is 0. The number of thiazole rings is 1. The predicted octanol–water partition coefficient (Wildman–Crippen LogP) is 2.36. The van der Waals surface area contributed by atoms with Crippen LogP contribution in [0.5, 0.6) is 0 Å². The van der Waals surface area contributed by atoms with E-state index >= 15 is 0 Å². The van der Waals surface area contributed by atoms with Crippen LogP contribution in [0.1, 0.15) is 36.4 Å². The maximum Gasteiger partial charge on any atom is 0.317 e. The normalized spacial score (nSPS) is 20.4. The molecule has 0 spiro atoms. The van der Waals surface area contributed by atoms with Gasteiger partial charge in [-0.05, 0) is 26.7 Å². The van der Waals surface area contributed by atoms with Crippen LogP contribution >= 0.6 is 11.3 Å². The average molecular weight is 253 g/mol. The Balaban J connectivity index is 1.99. The zero-order valence-corrected chi connectivity index (χ0v) is 11.2. The van der Waals surface area contributed by atoms with Crippen molar-refractivity contribution in [2.75, 3.05) is 19.6 Å². The highest BCUT2D eigenvalue weighted by atomic mass is 32.1. The first-order chi connectivity index (χ1) is 8.20. The fourth-order valence-electron chi connectivity index (χ4n) is 2.19. The molecular weight excluding hydrogens is 234 g/mol. The maximum atomic E-state index is 11.8. The van der Waals surface area contributed by atoms with Crippen molar-refractivity contribution in [3.63, 3.8) is 0 Å². The predicted molar refractivity (Wildman–Crippen MR) is 69.5 cm³/mol. The molecule has 1 N–H and O–H groups in total. The molecular formula is C12H19N3OS. The number of nitrogens with one attached hydrogen (secondary N) is 1. The van der Waals surface area contributed by atoms with E-state index in [0.717, 1.165) is 31.6 Å². The van der Waals surface area contributed by atoms with Crippen LogP contribution in [0.2, 0.25) is 0 Å². The lowest BCUT2D eigenvalue weighted by Crippen LogP contribution is -2.44. The van der Waals surface area contributed by atoms with Crippen LogP contribution < -0.4 is 5.32 Å². The number of aromatic nitrogens is 1. The van der Waals surface area contributed by atoms with Gasteiger partial charge in [0.25, 0.3) is 0 Å². The number of likely N-dealkylation sites (tertiary alicyclic amines) is 1. The van der Waals surface area contributed by atoms with E-state index in [2.05, 4.69) is 15.7 Å². The van der Waals surface area contributed by atoms with Crippen molar-refractivity contribution in [2.24, 2.45) is 0 Å². The van der Waals surface area contributed by atoms with Gasteiger partial charge in [0.2, 0.25) is 0 Å². The van der Waals surface area contributed by atoms with E-state index < -0.39 is 0 Å². The van der Waals surface area contributed by atoms with Crippen molar-refractivity contribution in [3.8, 4) is 0 Å². The van der Waals surface area contributed by atoms with Crippen molar-refractivity contribution in [1.29, 1.82) is 0 Å². The fourth-order valence-corrected chi connectivity index (χ4v) is 3.11. The van der Waals surface area contributed by atoms with Crippen molar-refractivity contribution >= 4 is 17.4 Å². The van der Waals surface area contributed by atoms with E-state index in [1.807, 2.05) is 18.7 Å². The Bertz CT molecular complexity index is 391. The largest absolute Gasteiger partial charge is 0.338 e. The highest BCUT2D eigenvalue weighted by molar-refractivity contribution is 7.09. The summed E-state index contributed by atoms with van der Waals surface area (Å²) in [6.45, 7) is 6.33. The van der Waals surface area contributed by atoms with E-state index in [1.165, 1.54) is 5.01 Å². The van der Waals surface area contributed by atoms with E-state index in [0.29, 0.717) is 12.5 Å². The van der Waals surface area contributed by atoms with Crippen LogP contribution in [0, 0.1) is 6.92 Å². The Labute approximate surface area is 106 Å². The Hall–Kier alpha value is -1.10. The van der Waals surface area contributed by atoms with Gasteiger partial charge >= 0.3 is 6.03 Å². The molecule has 2 rings (SSSR count). The third-order valence-corrected chi connectivity index (χ3v) is 4.15. The number of carbonyl (C=O) groups excluding carboxylic acids is 1. The molecule has 1 saturated heterocycles. The molecule has 0 aromatic carbocycles. The summed E-state index contributed by atoms with van der Waals surface area (Å²) in [6, 6.07) is 0.0606. The molecule has 1 aliphatic rings. The number of urea groups is 1. The third-order valence-electron chi connectivity index (χ3n) is 3.02. The minimum absolute atomic E-state index is 0.0606. The zero-order valence-electron chi connectivity index (χ0n) is 10.4. The number of nitrogens with zero attached hydrogens (tertiary/aromatic N) is 2. The molecule has 1 aliphatic heterocycles. The van der Waals surface area contributed by atoms with Gasteiger partial charge in [-0.2, -0.15) is 0 Å². The number of rotatable bonds is 2. The van der Waals surface area contributed by atoms with E-state index in [4.69, 9.17) is 0 Å². The van der Waals surface area contributed by atoms with Crippen LogP contribution in [0.25, 0.3) is 0 Å². The van der Waals surface area contributed by atoms with Gasteiger partial charge in [-0.1, -0.05) is 0 Å². The van der Waals surface area contributed by atoms with Crippen molar-refractivity contribution in [3.05, 3.63) is 16.1 Å². The van der Waals surface area contributed by atoms with Gasteiger partial charge in [0, 0.05) is 36.6 Å². The average Bonchev–Trinajstić information content (AvgIpc) is 2.76. The van der Waals surface area contributed by atoms with Crippen molar-refractivity contribution < 1.29 is 4.79 Å². The van der Waals surface area contributed by atoms with E-state index in [-0.39, 0.29) is 6.03 Å². The molecule has 0 bridgehead atoms. The zero-order chi connectivity index (χ0) is 12.3. The van der Waals surface area contributed by atoms with Crippen LogP contribution in [0.15, 0.2) is 5.38 Å². The Morgan fingerprint density at radius 2 is 2.53 bits per heavy atom. The monoisotopic (exact) mass is 253 g/mol. The molecule has 1 fully saturated rings. The van der Waals surface area contributed by atoms with Gasteiger partial charge in [-0.15, -0.1) is 11.3 Å². The number of amides is 2. The summed E-state index contributed by atoms with van der Waals surface area (Å²) in [5.74, 6) is 0.421. The quantitative estimate of drug-likeness (QED) is 0.879. The van der Waals surface area contributed by atoms with Crippen LogP contribution in [0.4, 0.5) is 4.79 Å². The standard InChI is InChI=1S/C12H19N3OS/c1-3-13-12(16)15-6-4-5-10(7-15)11-14-9(2)8-17-11/h8,10H,3-7H2,1-2H3,(H,13,16). The molecule has 94 valence electrons. The topological polar surface area (TPSA) is 45.2 Å².